The van der Waals surface area contributed by atoms with Gasteiger partial charge in [-0.1, -0.05) is 0 Å². The largest absolute Gasteiger partial charge is 1.00 e. The first kappa shape index (κ1) is 17.8. The molecule has 5 nitrogen and oxygen atoms in total. The van der Waals surface area contributed by atoms with Crippen LogP contribution in [0.15, 0.2) is 12.2 Å². The zero-order valence-corrected chi connectivity index (χ0v) is 12.2. The minimum absolute atomic E-state index is 0. The Morgan fingerprint density at radius 2 is 1.62 bits per heavy atom. The first-order valence-electron chi connectivity index (χ1n) is 4.58. The van der Waals surface area contributed by atoms with Gasteiger partial charge in [-0.2, -0.15) is 0 Å². The first-order valence-corrected chi connectivity index (χ1v) is 4.58. The van der Waals surface area contributed by atoms with Crippen molar-refractivity contribution < 1.29 is 47.5 Å². The van der Waals surface area contributed by atoms with E-state index in [2.05, 4.69) is 4.74 Å². The molecule has 0 rings (SSSR count). The van der Waals surface area contributed by atoms with E-state index >= 15 is 0 Å². The van der Waals surface area contributed by atoms with Gasteiger partial charge in [0.05, 0.1) is 28.3 Å². The third-order valence-corrected chi connectivity index (χ3v) is 1.56. The Balaban J connectivity index is 0. The highest BCUT2D eigenvalue weighted by molar-refractivity contribution is 5.91. The van der Waals surface area contributed by atoms with Crippen molar-refractivity contribution in [2.75, 3.05) is 41.4 Å². The number of methoxy groups -OCH3 is 1. The van der Waals surface area contributed by atoms with E-state index in [1.54, 1.807) is 0 Å². The number of likely N-dealkylation sites (N-methyl/N-ethyl adjacent to an activating group) is 1. The summed E-state index contributed by atoms with van der Waals surface area (Å²) in [5.74, 6) is -1.10. The summed E-state index contributed by atoms with van der Waals surface area (Å²) in [4.78, 5) is 21.7. The lowest BCUT2D eigenvalue weighted by Gasteiger charge is -2.23. The van der Waals surface area contributed by atoms with Crippen LogP contribution < -0.4 is 24.0 Å². The molecule has 0 saturated carbocycles. The minimum atomic E-state index is -0.571. The number of carbonyl (C=O) groups excluding carboxylic acids is 2. The third kappa shape index (κ3) is 11.4. The fourth-order valence-electron chi connectivity index (χ4n) is 0.672. The Labute approximate surface area is 113 Å². The van der Waals surface area contributed by atoms with Crippen LogP contribution in [0.25, 0.3) is 0 Å². The Morgan fingerprint density at radius 1 is 1.12 bits per heavy atom. The second-order valence-electron chi connectivity index (χ2n) is 4.04. The number of hydrogen-bond donors (Lipinski definition) is 0. The molecule has 0 aliphatic rings. The maximum atomic E-state index is 11.0. The third-order valence-electron chi connectivity index (χ3n) is 1.56. The summed E-state index contributed by atoms with van der Waals surface area (Å²) in [7, 11) is 7.24. The normalized spacial score (nSPS) is 10.8. The van der Waals surface area contributed by atoms with Gasteiger partial charge in [0.2, 0.25) is 0 Å². The van der Waals surface area contributed by atoms with Crippen molar-refractivity contribution in [3.05, 3.63) is 12.2 Å². The molecule has 0 aromatic heterocycles. The van der Waals surface area contributed by atoms with Crippen molar-refractivity contribution in [1.29, 1.82) is 0 Å². The van der Waals surface area contributed by atoms with Gasteiger partial charge in [0, 0.05) is 12.2 Å². The molecule has 0 aromatic carbocycles. The van der Waals surface area contributed by atoms with Crippen LogP contribution in [0.2, 0.25) is 0 Å². The number of ether oxygens (including phenoxy) is 2. The summed E-state index contributed by atoms with van der Waals surface area (Å²) in [5.41, 5.74) is 0. The van der Waals surface area contributed by atoms with E-state index < -0.39 is 11.9 Å². The molecule has 0 aliphatic heterocycles. The molecule has 0 saturated heterocycles. The molecule has 0 spiro atoms. The lowest BCUT2D eigenvalue weighted by atomic mass is 10.5. The summed E-state index contributed by atoms with van der Waals surface area (Å²) >= 11 is 0. The Hall–Kier alpha value is -0.630. The van der Waals surface area contributed by atoms with Crippen LogP contribution in [0.3, 0.4) is 0 Å². The molecule has 0 aromatic rings. The second kappa shape index (κ2) is 8.51. The van der Waals surface area contributed by atoms with Crippen molar-refractivity contribution >= 4 is 11.9 Å². The van der Waals surface area contributed by atoms with Crippen LogP contribution in [0.5, 0.6) is 0 Å². The van der Waals surface area contributed by atoms with Gasteiger partial charge in [-0.15, -0.1) is 0 Å². The highest BCUT2D eigenvalue weighted by Crippen LogP contribution is 1.91. The zero-order chi connectivity index (χ0) is 11.9. The highest BCUT2D eigenvalue weighted by atomic mass is 127. The van der Waals surface area contributed by atoms with E-state index in [0.717, 1.165) is 18.7 Å². The monoisotopic (exact) mass is 343 g/mol. The molecule has 94 valence electrons. The van der Waals surface area contributed by atoms with Crippen LogP contribution in [0.4, 0.5) is 0 Å². The topological polar surface area (TPSA) is 52.6 Å². The number of quaternary nitrogens is 1. The number of hydrogen-bond acceptors (Lipinski definition) is 4. The second-order valence-corrected chi connectivity index (χ2v) is 4.04. The van der Waals surface area contributed by atoms with Crippen LogP contribution >= 0.6 is 0 Å². The molecule has 0 unspecified atom stereocenters. The molecule has 0 bridgehead atoms. The summed E-state index contributed by atoms with van der Waals surface area (Å²) in [6.45, 7) is 1.05. The van der Waals surface area contributed by atoms with E-state index in [1.807, 2.05) is 21.1 Å². The smallest absolute Gasteiger partial charge is 0.331 e. The lowest BCUT2D eigenvalue weighted by Crippen LogP contribution is -3.00. The predicted molar refractivity (Wildman–Crippen MR) is 55.0 cm³/mol. The average Bonchev–Trinajstić information content (AvgIpc) is 2.12. The molecular formula is C10H18INO4. The van der Waals surface area contributed by atoms with Crippen molar-refractivity contribution in [2.45, 2.75) is 0 Å². The van der Waals surface area contributed by atoms with E-state index in [9.17, 15) is 9.59 Å². The SMILES string of the molecule is COC(=O)/C=C/C(=O)OCC[N+](C)(C)C.[I-]. The molecular weight excluding hydrogens is 325 g/mol. The average molecular weight is 343 g/mol. The van der Waals surface area contributed by atoms with Gasteiger partial charge < -0.3 is 37.9 Å². The van der Waals surface area contributed by atoms with Gasteiger partial charge in [-0.25, -0.2) is 9.59 Å². The lowest BCUT2D eigenvalue weighted by molar-refractivity contribution is -0.870. The Kier molecular flexibility index (Phi) is 9.45. The molecule has 6 heteroatoms. The fourth-order valence-corrected chi connectivity index (χ4v) is 0.672. The maximum Gasteiger partial charge on any atom is 0.331 e. The van der Waals surface area contributed by atoms with Crippen molar-refractivity contribution in [1.82, 2.24) is 0 Å². The van der Waals surface area contributed by atoms with Gasteiger partial charge in [0.25, 0.3) is 0 Å². The van der Waals surface area contributed by atoms with Crippen molar-refractivity contribution in [2.24, 2.45) is 0 Å². The number of esters is 2. The quantitative estimate of drug-likeness (QED) is 0.231. The van der Waals surface area contributed by atoms with E-state index in [-0.39, 0.29) is 24.0 Å². The summed E-state index contributed by atoms with van der Waals surface area (Å²) in [6, 6.07) is 0. The van der Waals surface area contributed by atoms with Crippen LogP contribution in [0.1, 0.15) is 0 Å². The molecule has 0 atom stereocenters. The summed E-state index contributed by atoms with van der Waals surface area (Å²) < 4.78 is 9.90. The van der Waals surface area contributed by atoms with Crippen LogP contribution in [0, 0.1) is 0 Å². The van der Waals surface area contributed by atoms with Gasteiger partial charge in [-0.3, -0.25) is 0 Å². The first-order chi connectivity index (χ1) is 6.85. The van der Waals surface area contributed by atoms with Gasteiger partial charge >= 0.3 is 11.9 Å². The van der Waals surface area contributed by atoms with Gasteiger partial charge in [0.15, 0.2) is 0 Å². The summed E-state index contributed by atoms with van der Waals surface area (Å²) in [5, 5.41) is 0. The standard InChI is InChI=1S/C10H18NO4.HI/c1-11(2,3)7-8-15-10(13)6-5-9(12)14-4;/h5-6H,7-8H2,1-4H3;1H/q+1;/p-1/b6-5+;. The van der Waals surface area contributed by atoms with Crippen molar-refractivity contribution in [3.63, 3.8) is 0 Å². The maximum absolute atomic E-state index is 11.0. The molecule has 0 radical (unpaired) electrons. The molecule has 0 amide bonds. The summed E-state index contributed by atoms with van der Waals surface area (Å²) in [6.07, 6.45) is 2.09. The number of halogens is 1. The van der Waals surface area contributed by atoms with E-state index in [1.165, 1.54) is 7.11 Å². The minimum Gasteiger partial charge on any atom is -1.00 e. The number of carbonyl (C=O) groups is 2. The van der Waals surface area contributed by atoms with E-state index in [0.29, 0.717) is 11.1 Å². The van der Waals surface area contributed by atoms with Crippen LogP contribution in [-0.2, 0) is 19.1 Å². The molecule has 0 N–H and O–H groups in total. The van der Waals surface area contributed by atoms with E-state index in [4.69, 9.17) is 4.74 Å². The molecule has 0 aliphatic carbocycles. The molecule has 0 heterocycles. The highest BCUT2D eigenvalue weighted by Gasteiger charge is 2.07. The molecule has 0 fully saturated rings. The van der Waals surface area contributed by atoms with Crippen molar-refractivity contribution in [3.8, 4) is 0 Å². The molecule has 16 heavy (non-hydrogen) atoms. The number of nitrogens with zero attached hydrogens (tertiary/aromatic N) is 1. The van der Waals surface area contributed by atoms with Gasteiger partial charge in [0.1, 0.15) is 13.2 Å². The Bertz CT molecular complexity index is 258. The fraction of sp³-hybridized carbons (Fsp3) is 0.600. The van der Waals surface area contributed by atoms with Crippen LogP contribution in [-0.4, -0.2) is 57.8 Å². The predicted octanol–water partition coefficient (Wildman–Crippen LogP) is -3.03. The zero-order valence-electron chi connectivity index (χ0n) is 10.0. The van der Waals surface area contributed by atoms with Gasteiger partial charge in [-0.05, 0) is 0 Å². The Morgan fingerprint density at radius 3 is 2.06 bits per heavy atom. The number of rotatable bonds is 5.